The second kappa shape index (κ2) is 21.2. The molecule has 0 radical (unpaired) electrons. The SMILES string of the molecule is CO[C@@H]1O[C@H](CO[C@@H]2O[C@H](COC(C)=O)[C@H](OC(C)=O)[C@H](OC(C)=O)[C@H]2OC(C)=O)[C@H](OC(=O)c2ccccc2)[C@H](OC(=O)c2ccccc2)[C@H]1OC(=O)c1ccccc1. The van der Waals surface area contributed by atoms with Gasteiger partial charge in [0.1, 0.15) is 18.8 Å². The Balaban J connectivity index is 1.55. The fraction of sp³-hybridized carbons (Fsp3) is 0.405. The van der Waals surface area contributed by atoms with Crippen molar-refractivity contribution in [3.63, 3.8) is 0 Å². The Kier molecular flexibility index (Phi) is 15.8. The van der Waals surface area contributed by atoms with Crippen LogP contribution in [0.1, 0.15) is 58.8 Å². The Bertz CT molecular complexity index is 1960. The molecule has 2 aliphatic rings. The summed E-state index contributed by atoms with van der Waals surface area (Å²) in [4.78, 5) is 90.0. The van der Waals surface area contributed by atoms with Crippen LogP contribution in [0.2, 0.25) is 0 Å². The van der Waals surface area contributed by atoms with Gasteiger partial charge in [-0.25, -0.2) is 14.4 Å². The summed E-state index contributed by atoms with van der Waals surface area (Å²) in [5.41, 5.74) is 0.327. The van der Waals surface area contributed by atoms with Crippen LogP contribution in [0.4, 0.5) is 0 Å². The number of ether oxygens (including phenoxy) is 11. The fourth-order valence-electron chi connectivity index (χ4n) is 6.41. The first kappa shape index (κ1) is 44.9. The van der Waals surface area contributed by atoms with Crippen LogP contribution in [-0.2, 0) is 71.3 Å². The van der Waals surface area contributed by atoms with E-state index in [1.807, 2.05) is 0 Å². The molecule has 10 atom stereocenters. The predicted octanol–water partition coefficient (Wildman–Crippen LogP) is 3.13. The number of benzene rings is 3. The molecule has 0 amide bonds. The van der Waals surface area contributed by atoms with Gasteiger partial charge in [-0.2, -0.15) is 0 Å². The van der Waals surface area contributed by atoms with E-state index >= 15 is 0 Å². The standard InChI is InChI=1S/C42H44O18/c1-23(43)51-21-30-32(53-24(2)44)34(54-25(3)45)37(55-26(4)46)42(57-30)52-22-31-33(58-38(47)27-15-9-6-10-16-27)35(59-39(48)28-17-11-7-12-18-28)36(41(50-5)56-31)60-40(49)29-19-13-8-14-20-29/h6-20,30-37,41-42H,21-22H2,1-5H3/t30-,31-,32+,33+,34+,35+,36-,37-,41-,42-/m1/s1. The number of rotatable bonds is 15. The summed E-state index contributed by atoms with van der Waals surface area (Å²) >= 11 is 0. The normalized spacial score (nSPS) is 26.0. The van der Waals surface area contributed by atoms with Gasteiger partial charge in [0.15, 0.2) is 49.2 Å². The van der Waals surface area contributed by atoms with Crippen molar-refractivity contribution in [1.29, 1.82) is 0 Å². The van der Waals surface area contributed by atoms with Gasteiger partial charge in [0.25, 0.3) is 0 Å². The number of hydrogen-bond donors (Lipinski definition) is 0. The maximum atomic E-state index is 13.8. The predicted molar refractivity (Wildman–Crippen MR) is 201 cm³/mol. The van der Waals surface area contributed by atoms with E-state index < -0.39 is 116 Å². The summed E-state index contributed by atoms with van der Waals surface area (Å²) in [7, 11) is 1.23. The molecule has 0 aromatic heterocycles. The van der Waals surface area contributed by atoms with E-state index in [1.165, 1.54) is 43.5 Å². The fourth-order valence-corrected chi connectivity index (χ4v) is 6.41. The lowest BCUT2D eigenvalue weighted by atomic mass is 9.97. The van der Waals surface area contributed by atoms with Gasteiger partial charge in [0.05, 0.1) is 23.3 Å². The zero-order valence-electron chi connectivity index (χ0n) is 33.2. The van der Waals surface area contributed by atoms with Gasteiger partial charge in [0, 0.05) is 34.8 Å². The minimum atomic E-state index is -1.68. The minimum absolute atomic E-state index is 0.0941. The highest BCUT2D eigenvalue weighted by molar-refractivity contribution is 5.91. The highest BCUT2D eigenvalue weighted by Crippen LogP contribution is 2.34. The van der Waals surface area contributed by atoms with E-state index in [9.17, 15) is 33.6 Å². The maximum Gasteiger partial charge on any atom is 0.338 e. The van der Waals surface area contributed by atoms with Gasteiger partial charge < -0.3 is 52.1 Å². The topological polar surface area (TPSA) is 221 Å². The zero-order valence-corrected chi connectivity index (χ0v) is 33.2. The number of hydrogen-bond acceptors (Lipinski definition) is 18. The van der Waals surface area contributed by atoms with Gasteiger partial charge in [-0.1, -0.05) is 54.6 Å². The van der Waals surface area contributed by atoms with Crippen molar-refractivity contribution in [1.82, 2.24) is 0 Å². The Labute approximate surface area is 344 Å². The first-order chi connectivity index (χ1) is 28.7. The van der Waals surface area contributed by atoms with Crippen molar-refractivity contribution in [2.24, 2.45) is 0 Å². The molecule has 2 aliphatic heterocycles. The van der Waals surface area contributed by atoms with E-state index in [-0.39, 0.29) is 16.7 Å². The van der Waals surface area contributed by atoms with E-state index in [1.54, 1.807) is 54.6 Å². The van der Waals surface area contributed by atoms with Crippen LogP contribution in [-0.4, -0.2) is 124 Å². The van der Waals surface area contributed by atoms with Gasteiger partial charge in [0.2, 0.25) is 0 Å². The number of carbonyl (C=O) groups excluding carboxylic acids is 7. The molecule has 0 bridgehead atoms. The Morgan fingerprint density at radius 2 is 0.783 bits per heavy atom. The third kappa shape index (κ3) is 11.9. The zero-order chi connectivity index (χ0) is 43.3. The number of methoxy groups -OCH3 is 1. The smallest absolute Gasteiger partial charge is 0.338 e. The average Bonchev–Trinajstić information content (AvgIpc) is 3.22. The number of esters is 7. The van der Waals surface area contributed by atoms with Crippen molar-refractivity contribution >= 4 is 41.8 Å². The van der Waals surface area contributed by atoms with Gasteiger partial charge >= 0.3 is 41.8 Å². The second-order valence-corrected chi connectivity index (χ2v) is 13.4. The van der Waals surface area contributed by atoms with Crippen molar-refractivity contribution in [2.75, 3.05) is 20.3 Å². The largest absolute Gasteiger partial charge is 0.463 e. The van der Waals surface area contributed by atoms with Crippen LogP contribution in [0, 0.1) is 0 Å². The van der Waals surface area contributed by atoms with E-state index in [2.05, 4.69) is 0 Å². The van der Waals surface area contributed by atoms with E-state index in [0.29, 0.717) is 0 Å². The third-order valence-electron chi connectivity index (χ3n) is 8.95. The molecule has 0 aliphatic carbocycles. The summed E-state index contributed by atoms with van der Waals surface area (Å²) in [6.07, 6.45) is -15.5. The second-order valence-electron chi connectivity index (χ2n) is 13.4. The molecule has 320 valence electrons. The third-order valence-corrected chi connectivity index (χ3v) is 8.95. The summed E-state index contributed by atoms with van der Waals surface area (Å²) in [5.74, 6) is -5.96. The summed E-state index contributed by atoms with van der Waals surface area (Å²) in [6, 6.07) is 23.6. The molecule has 0 N–H and O–H groups in total. The van der Waals surface area contributed by atoms with Crippen LogP contribution >= 0.6 is 0 Å². The molecule has 2 saturated heterocycles. The molecule has 3 aromatic rings. The Morgan fingerprint density at radius 1 is 0.433 bits per heavy atom. The molecular formula is C42H44O18. The summed E-state index contributed by atoms with van der Waals surface area (Å²) in [5, 5.41) is 0. The molecule has 0 spiro atoms. The van der Waals surface area contributed by atoms with Crippen LogP contribution < -0.4 is 0 Å². The lowest BCUT2D eigenvalue weighted by Crippen LogP contribution is -2.65. The molecule has 0 saturated carbocycles. The Hall–Kier alpha value is -6.21. The van der Waals surface area contributed by atoms with Crippen molar-refractivity contribution in [3.05, 3.63) is 108 Å². The maximum absolute atomic E-state index is 13.8. The highest BCUT2D eigenvalue weighted by atomic mass is 16.8. The summed E-state index contributed by atoms with van der Waals surface area (Å²) < 4.78 is 63.7. The highest BCUT2D eigenvalue weighted by Gasteiger charge is 2.56. The summed E-state index contributed by atoms with van der Waals surface area (Å²) in [6.45, 7) is 3.14. The van der Waals surface area contributed by atoms with Crippen molar-refractivity contribution < 1.29 is 85.7 Å². The minimum Gasteiger partial charge on any atom is -0.463 e. The quantitative estimate of drug-likeness (QED) is 0.158. The molecule has 3 aromatic carbocycles. The molecule has 2 fully saturated rings. The molecule has 60 heavy (non-hydrogen) atoms. The lowest BCUT2D eigenvalue weighted by Gasteiger charge is -2.46. The van der Waals surface area contributed by atoms with Crippen LogP contribution in [0.25, 0.3) is 0 Å². The number of carbonyl (C=O) groups is 7. The molecule has 18 nitrogen and oxygen atoms in total. The van der Waals surface area contributed by atoms with Crippen LogP contribution in [0.5, 0.6) is 0 Å². The van der Waals surface area contributed by atoms with Crippen molar-refractivity contribution in [2.45, 2.75) is 89.1 Å². The molecule has 2 heterocycles. The molecule has 0 unspecified atom stereocenters. The lowest BCUT2D eigenvalue weighted by molar-refractivity contribution is -0.329. The van der Waals surface area contributed by atoms with Crippen LogP contribution in [0.3, 0.4) is 0 Å². The molecule has 5 rings (SSSR count). The van der Waals surface area contributed by atoms with Crippen molar-refractivity contribution in [3.8, 4) is 0 Å². The average molecular weight is 837 g/mol. The Morgan fingerprint density at radius 3 is 1.23 bits per heavy atom. The van der Waals surface area contributed by atoms with Gasteiger partial charge in [-0.15, -0.1) is 0 Å². The monoisotopic (exact) mass is 836 g/mol. The van der Waals surface area contributed by atoms with Crippen LogP contribution in [0.15, 0.2) is 91.0 Å². The first-order valence-electron chi connectivity index (χ1n) is 18.6. The first-order valence-corrected chi connectivity index (χ1v) is 18.6. The van der Waals surface area contributed by atoms with Gasteiger partial charge in [-0.05, 0) is 36.4 Å². The van der Waals surface area contributed by atoms with E-state index in [0.717, 1.165) is 27.7 Å². The molecular weight excluding hydrogens is 792 g/mol. The molecule has 18 heteroatoms. The van der Waals surface area contributed by atoms with E-state index in [4.69, 9.17) is 52.1 Å². The van der Waals surface area contributed by atoms with Gasteiger partial charge in [-0.3, -0.25) is 19.2 Å².